The Bertz CT molecular complexity index is 308. The second-order valence-corrected chi connectivity index (χ2v) is 2.88. The summed E-state index contributed by atoms with van der Waals surface area (Å²) in [6.07, 6.45) is -3.70. The van der Waals surface area contributed by atoms with Crippen molar-refractivity contribution in [3.05, 3.63) is 29.8 Å². The molecule has 0 amide bonds. The van der Waals surface area contributed by atoms with Crippen molar-refractivity contribution in [1.29, 1.82) is 0 Å². The second kappa shape index (κ2) is 4.51. The molecule has 0 bridgehead atoms. The number of rotatable bonds is 4. The van der Waals surface area contributed by atoms with Crippen LogP contribution in [-0.2, 0) is 5.92 Å². The Labute approximate surface area is 84.7 Å². The third-order valence-electron chi connectivity index (χ3n) is 1.82. The van der Waals surface area contributed by atoms with Crippen molar-refractivity contribution in [3.8, 4) is 5.75 Å². The maximum atomic E-state index is 12.8. The summed E-state index contributed by atoms with van der Waals surface area (Å²) in [5.74, 6) is -3.73. The van der Waals surface area contributed by atoms with Gasteiger partial charge >= 0.3 is 12.3 Å². The van der Waals surface area contributed by atoms with Gasteiger partial charge in [-0.15, -0.1) is 0 Å². The van der Waals surface area contributed by atoms with Crippen LogP contribution in [-0.4, -0.2) is 13.0 Å². The van der Waals surface area contributed by atoms with Crippen LogP contribution in [0.1, 0.15) is 12.5 Å². The van der Waals surface area contributed by atoms with Crippen LogP contribution in [0, 0.1) is 0 Å². The van der Waals surface area contributed by atoms with E-state index in [4.69, 9.17) is 4.74 Å². The Morgan fingerprint density at radius 1 is 1.20 bits per heavy atom. The predicted molar refractivity (Wildman–Crippen MR) is 47.5 cm³/mol. The van der Waals surface area contributed by atoms with Crippen LogP contribution >= 0.6 is 0 Å². The van der Waals surface area contributed by atoms with Gasteiger partial charge in [0.25, 0.3) is 0 Å². The van der Waals surface area contributed by atoms with E-state index in [0.717, 1.165) is 12.1 Å². The Balaban J connectivity index is 2.88. The topological polar surface area (TPSA) is 9.23 Å². The zero-order valence-electron chi connectivity index (χ0n) is 8.01. The lowest BCUT2D eigenvalue weighted by Gasteiger charge is -2.15. The molecule has 0 atom stereocenters. The lowest BCUT2D eigenvalue weighted by atomic mass is 10.1. The van der Waals surface area contributed by atoms with E-state index in [9.17, 15) is 17.6 Å². The van der Waals surface area contributed by atoms with Crippen molar-refractivity contribution in [3.63, 3.8) is 0 Å². The molecule has 0 aliphatic rings. The molecule has 1 aromatic carbocycles. The summed E-state index contributed by atoms with van der Waals surface area (Å²) in [5.41, 5.74) is -0.707. The highest BCUT2D eigenvalue weighted by molar-refractivity contribution is 5.30. The van der Waals surface area contributed by atoms with Crippen molar-refractivity contribution in [2.24, 2.45) is 0 Å². The first kappa shape index (κ1) is 11.8. The molecule has 84 valence electrons. The second-order valence-electron chi connectivity index (χ2n) is 2.88. The van der Waals surface area contributed by atoms with E-state index in [1.54, 1.807) is 6.92 Å². The van der Waals surface area contributed by atoms with E-state index in [2.05, 4.69) is 0 Å². The van der Waals surface area contributed by atoms with E-state index in [1.165, 1.54) is 12.1 Å². The minimum Gasteiger partial charge on any atom is -0.494 e. The standard InChI is InChI=1S/C10H10F4O/c1-2-15-8-5-3-7(4-6-8)10(13,14)9(11)12/h3-6,9H,2H2,1H3. The van der Waals surface area contributed by atoms with Crippen LogP contribution < -0.4 is 4.74 Å². The minimum atomic E-state index is -4.11. The zero-order valence-corrected chi connectivity index (χ0v) is 8.01. The van der Waals surface area contributed by atoms with Gasteiger partial charge in [0.15, 0.2) is 0 Å². The van der Waals surface area contributed by atoms with Gasteiger partial charge in [-0.2, -0.15) is 8.78 Å². The van der Waals surface area contributed by atoms with Crippen molar-refractivity contribution in [2.75, 3.05) is 6.61 Å². The molecule has 0 unspecified atom stereocenters. The van der Waals surface area contributed by atoms with Gasteiger partial charge in [-0.3, -0.25) is 0 Å². The fourth-order valence-electron chi connectivity index (χ4n) is 1.07. The zero-order chi connectivity index (χ0) is 11.5. The highest BCUT2D eigenvalue weighted by Gasteiger charge is 2.42. The van der Waals surface area contributed by atoms with Gasteiger partial charge in [0.2, 0.25) is 0 Å². The largest absolute Gasteiger partial charge is 0.494 e. The predicted octanol–water partition coefficient (Wildman–Crippen LogP) is 3.44. The van der Waals surface area contributed by atoms with Crippen molar-refractivity contribution < 1.29 is 22.3 Å². The molecule has 0 N–H and O–H groups in total. The number of alkyl halides is 4. The molecular formula is C10H10F4O. The molecule has 0 aromatic heterocycles. The van der Waals surface area contributed by atoms with Crippen molar-refractivity contribution in [1.82, 2.24) is 0 Å². The first-order chi connectivity index (χ1) is 6.98. The number of benzene rings is 1. The van der Waals surface area contributed by atoms with Gasteiger partial charge in [0, 0.05) is 5.56 Å². The van der Waals surface area contributed by atoms with Gasteiger partial charge in [-0.05, 0) is 31.2 Å². The molecule has 0 heterocycles. The summed E-state index contributed by atoms with van der Waals surface area (Å²) in [5, 5.41) is 0. The third-order valence-corrected chi connectivity index (χ3v) is 1.82. The smallest absolute Gasteiger partial charge is 0.332 e. The molecule has 0 aliphatic carbocycles. The summed E-state index contributed by atoms with van der Waals surface area (Å²) < 4.78 is 54.5. The molecule has 15 heavy (non-hydrogen) atoms. The summed E-state index contributed by atoms with van der Waals surface area (Å²) >= 11 is 0. The fourth-order valence-corrected chi connectivity index (χ4v) is 1.07. The molecule has 0 aliphatic heterocycles. The van der Waals surface area contributed by atoms with E-state index in [0.29, 0.717) is 12.4 Å². The first-order valence-corrected chi connectivity index (χ1v) is 4.37. The molecule has 5 heteroatoms. The van der Waals surface area contributed by atoms with Gasteiger partial charge in [-0.25, -0.2) is 8.78 Å². The lowest BCUT2D eigenvalue weighted by molar-refractivity contribution is -0.135. The maximum Gasteiger partial charge on any atom is 0.332 e. The van der Waals surface area contributed by atoms with Gasteiger partial charge in [0.1, 0.15) is 5.75 Å². The Morgan fingerprint density at radius 2 is 1.73 bits per heavy atom. The van der Waals surface area contributed by atoms with Crippen LogP contribution in [0.3, 0.4) is 0 Å². The number of halogens is 4. The Morgan fingerprint density at radius 3 is 2.13 bits per heavy atom. The van der Waals surface area contributed by atoms with Crippen molar-refractivity contribution >= 4 is 0 Å². The molecule has 0 saturated heterocycles. The van der Waals surface area contributed by atoms with Gasteiger partial charge < -0.3 is 4.74 Å². The van der Waals surface area contributed by atoms with Gasteiger partial charge in [0.05, 0.1) is 6.61 Å². The quantitative estimate of drug-likeness (QED) is 0.709. The van der Waals surface area contributed by atoms with Crippen molar-refractivity contribution in [2.45, 2.75) is 19.3 Å². The summed E-state index contributed by atoms with van der Waals surface area (Å²) in [7, 11) is 0. The molecule has 0 fully saturated rings. The number of hydrogen-bond donors (Lipinski definition) is 0. The first-order valence-electron chi connectivity index (χ1n) is 4.37. The van der Waals surface area contributed by atoms with E-state index in [-0.39, 0.29) is 0 Å². The molecule has 1 aromatic rings. The summed E-state index contributed by atoms with van der Waals surface area (Å²) in [6, 6.07) is 4.37. The van der Waals surface area contributed by atoms with Crippen LogP contribution in [0.5, 0.6) is 5.75 Å². The van der Waals surface area contributed by atoms with Crippen LogP contribution in [0.2, 0.25) is 0 Å². The average Bonchev–Trinajstić information content (AvgIpc) is 2.19. The van der Waals surface area contributed by atoms with Crippen LogP contribution in [0.15, 0.2) is 24.3 Å². The van der Waals surface area contributed by atoms with E-state index >= 15 is 0 Å². The highest BCUT2D eigenvalue weighted by atomic mass is 19.3. The molecule has 0 spiro atoms. The number of hydrogen-bond acceptors (Lipinski definition) is 1. The average molecular weight is 222 g/mol. The third kappa shape index (κ3) is 2.61. The Kier molecular flexibility index (Phi) is 3.55. The van der Waals surface area contributed by atoms with E-state index in [1.807, 2.05) is 0 Å². The Hall–Kier alpha value is -1.26. The minimum absolute atomic E-state index is 0.381. The normalized spacial score (nSPS) is 11.9. The molecule has 0 radical (unpaired) electrons. The van der Waals surface area contributed by atoms with Gasteiger partial charge in [-0.1, -0.05) is 0 Å². The number of ether oxygens (including phenoxy) is 1. The molecule has 1 nitrogen and oxygen atoms in total. The molecule has 0 saturated carbocycles. The van der Waals surface area contributed by atoms with Crippen LogP contribution in [0.25, 0.3) is 0 Å². The fraction of sp³-hybridized carbons (Fsp3) is 0.400. The van der Waals surface area contributed by atoms with Crippen LogP contribution in [0.4, 0.5) is 17.6 Å². The molecular weight excluding hydrogens is 212 g/mol. The summed E-state index contributed by atoms with van der Waals surface area (Å²) in [6.45, 7) is 2.13. The highest BCUT2D eigenvalue weighted by Crippen LogP contribution is 2.35. The van der Waals surface area contributed by atoms with E-state index < -0.39 is 17.9 Å². The summed E-state index contributed by atoms with van der Waals surface area (Å²) in [4.78, 5) is 0. The monoisotopic (exact) mass is 222 g/mol. The lowest BCUT2D eigenvalue weighted by Crippen LogP contribution is -2.23. The molecule has 1 rings (SSSR count). The SMILES string of the molecule is CCOc1ccc(C(F)(F)C(F)F)cc1. The maximum absolute atomic E-state index is 12.8.